The van der Waals surface area contributed by atoms with Crippen molar-refractivity contribution in [1.82, 2.24) is 0 Å². The maximum absolute atomic E-state index is 10.9. The average Bonchev–Trinajstić information content (AvgIpc) is 2.16. The van der Waals surface area contributed by atoms with Gasteiger partial charge in [-0.1, -0.05) is 30.1 Å². The average molecular weight is 268 g/mol. The van der Waals surface area contributed by atoms with Gasteiger partial charge in [-0.05, 0) is 36.2 Å². The van der Waals surface area contributed by atoms with Crippen molar-refractivity contribution in [2.75, 3.05) is 0 Å². The first-order chi connectivity index (χ1) is 7.04. The molecule has 5 heteroatoms. The quantitative estimate of drug-likeness (QED) is 0.773. The minimum absolute atomic E-state index is 0.360. The van der Waals surface area contributed by atoms with Crippen molar-refractivity contribution in [3.63, 3.8) is 0 Å². The maximum Gasteiger partial charge on any atom is 0.262 e. The predicted molar refractivity (Wildman–Crippen MR) is 62.0 cm³/mol. The normalized spacial score (nSPS) is 12.3. The number of hydrogen-bond donors (Lipinski definition) is 0. The van der Waals surface area contributed by atoms with Crippen molar-refractivity contribution >= 4 is 40.0 Å². The van der Waals surface area contributed by atoms with Crippen LogP contribution < -0.4 is 4.74 Å². The van der Waals surface area contributed by atoms with Gasteiger partial charge in [0.1, 0.15) is 5.75 Å². The van der Waals surface area contributed by atoms with Crippen molar-refractivity contribution in [3.05, 3.63) is 28.2 Å². The van der Waals surface area contributed by atoms with Gasteiger partial charge in [-0.25, -0.2) is 0 Å². The molecule has 0 fully saturated rings. The lowest BCUT2D eigenvalue weighted by Crippen LogP contribution is -2.22. The van der Waals surface area contributed by atoms with Gasteiger partial charge in [0.05, 0.1) is 5.02 Å². The zero-order valence-corrected chi connectivity index (χ0v) is 10.2. The van der Waals surface area contributed by atoms with Crippen LogP contribution in [0, 0.1) is 0 Å². The summed E-state index contributed by atoms with van der Waals surface area (Å²) in [6.45, 7) is 1.80. The third kappa shape index (κ3) is 3.56. The number of benzene rings is 1. The summed E-state index contributed by atoms with van der Waals surface area (Å²) < 4.78 is 5.34. The number of carbonyl (C=O) groups excluding carboxylic acids is 1. The van der Waals surface area contributed by atoms with E-state index in [-0.39, 0.29) is 0 Å². The lowest BCUT2D eigenvalue weighted by molar-refractivity contribution is -0.117. The summed E-state index contributed by atoms with van der Waals surface area (Å²) in [6.07, 6.45) is -0.188. The van der Waals surface area contributed by atoms with Crippen LogP contribution in [0.2, 0.25) is 10.0 Å². The first kappa shape index (κ1) is 12.6. The number of hydrogen-bond acceptors (Lipinski definition) is 2. The summed E-state index contributed by atoms with van der Waals surface area (Å²) in [7, 11) is 0. The SMILES string of the molecule is CC[C@@H](Oc1ccc(Cl)cc1Cl)C(=O)Cl. The molecule has 0 heterocycles. The summed E-state index contributed by atoms with van der Waals surface area (Å²) in [5, 5.41) is 0.333. The molecular formula is C10H9Cl3O2. The second kappa shape index (κ2) is 5.59. The smallest absolute Gasteiger partial charge is 0.262 e. The zero-order chi connectivity index (χ0) is 11.4. The van der Waals surface area contributed by atoms with E-state index in [9.17, 15) is 4.79 Å². The van der Waals surface area contributed by atoms with Crippen LogP contribution in [-0.4, -0.2) is 11.3 Å². The Morgan fingerprint density at radius 3 is 2.60 bits per heavy atom. The van der Waals surface area contributed by atoms with Crippen LogP contribution in [0.5, 0.6) is 5.75 Å². The number of halogens is 3. The van der Waals surface area contributed by atoms with Crippen molar-refractivity contribution in [2.24, 2.45) is 0 Å². The Bertz CT molecular complexity index is 366. The Morgan fingerprint density at radius 2 is 2.13 bits per heavy atom. The highest BCUT2D eigenvalue weighted by atomic mass is 35.5. The molecule has 1 aromatic carbocycles. The molecule has 15 heavy (non-hydrogen) atoms. The largest absolute Gasteiger partial charge is 0.480 e. The highest BCUT2D eigenvalue weighted by molar-refractivity contribution is 6.64. The summed E-state index contributed by atoms with van der Waals surface area (Å²) in [5.41, 5.74) is 0. The summed E-state index contributed by atoms with van der Waals surface area (Å²) in [5.74, 6) is 0.405. The topological polar surface area (TPSA) is 26.3 Å². The van der Waals surface area contributed by atoms with Gasteiger partial charge in [0, 0.05) is 5.02 Å². The molecule has 0 aliphatic heterocycles. The molecule has 0 spiro atoms. The van der Waals surface area contributed by atoms with Crippen LogP contribution >= 0.6 is 34.8 Å². The Kier molecular flexibility index (Phi) is 4.71. The molecule has 82 valence electrons. The van der Waals surface area contributed by atoms with E-state index >= 15 is 0 Å². The van der Waals surface area contributed by atoms with E-state index in [2.05, 4.69) is 0 Å². The Hall–Kier alpha value is -0.440. The van der Waals surface area contributed by atoms with Crippen LogP contribution in [0.1, 0.15) is 13.3 Å². The van der Waals surface area contributed by atoms with Gasteiger partial charge in [-0.2, -0.15) is 0 Å². The van der Waals surface area contributed by atoms with Crippen molar-refractivity contribution in [3.8, 4) is 5.75 Å². The van der Waals surface area contributed by atoms with Crippen molar-refractivity contribution in [2.45, 2.75) is 19.4 Å². The van der Waals surface area contributed by atoms with E-state index in [1.54, 1.807) is 25.1 Å². The van der Waals surface area contributed by atoms with Gasteiger partial charge in [-0.15, -0.1) is 0 Å². The number of rotatable bonds is 4. The van der Waals surface area contributed by atoms with Gasteiger partial charge in [0.25, 0.3) is 5.24 Å². The molecule has 0 aromatic heterocycles. The fraction of sp³-hybridized carbons (Fsp3) is 0.300. The molecule has 1 aromatic rings. The molecule has 0 bridgehead atoms. The van der Waals surface area contributed by atoms with E-state index < -0.39 is 11.3 Å². The van der Waals surface area contributed by atoms with Gasteiger partial charge in [-0.3, -0.25) is 4.79 Å². The van der Waals surface area contributed by atoms with E-state index in [1.165, 1.54) is 0 Å². The third-order valence-corrected chi connectivity index (χ3v) is 2.56. The summed E-state index contributed by atoms with van der Waals surface area (Å²) in [6, 6.07) is 4.78. The molecule has 1 rings (SSSR count). The summed E-state index contributed by atoms with van der Waals surface area (Å²) in [4.78, 5) is 10.9. The summed E-state index contributed by atoms with van der Waals surface area (Å²) >= 11 is 16.9. The second-order valence-electron chi connectivity index (χ2n) is 2.89. The number of ether oxygens (including phenoxy) is 1. The Labute approximate surface area is 103 Å². The lowest BCUT2D eigenvalue weighted by Gasteiger charge is -2.14. The molecule has 0 amide bonds. The van der Waals surface area contributed by atoms with E-state index in [4.69, 9.17) is 39.5 Å². The Morgan fingerprint density at radius 1 is 1.47 bits per heavy atom. The second-order valence-corrected chi connectivity index (χ2v) is 4.11. The fourth-order valence-corrected chi connectivity index (χ4v) is 1.67. The molecule has 2 nitrogen and oxygen atoms in total. The molecular weight excluding hydrogens is 258 g/mol. The van der Waals surface area contributed by atoms with Crippen molar-refractivity contribution in [1.29, 1.82) is 0 Å². The molecule has 0 saturated heterocycles. The predicted octanol–water partition coefficient (Wildman–Crippen LogP) is 3.92. The molecule has 1 atom stereocenters. The van der Waals surface area contributed by atoms with Crippen LogP contribution in [0.25, 0.3) is 0 Å². The molecule has 0 radical (unpaired) electrons. The minimum Gasteiger partial charge on any atom is -0.480 e. The standard InChI is InChI=1S/C10H9Cl3O2/c1-2-8(10(13)14)15-9-4-3-6(11)5-7(9)12/h3-5,8H,2H2,1H3/t8-/m1/s1. The van der Waals surface area contributed by atoms with E-state index in [0.717, 1.165) is 0 Å². The van der Waals surface area contributed by atoms with E-state index in [1.807, 2.05) is 0 Å². The van der Waals surface area contributed by atoms with Crippen LogP contribution in [0.15, 0.2) is 18.2 Å². The minimum atomic E-state index is -0.676. The lowest BCUT2D eigenvalue weighted by atomic mass is 10.3. The maximum atomic E-state index is 10.9. The van der Waals surface area contributed by atoms with Crippen LogP contribution in [0.3, 0.4) is 0 Å². The van der Waals surface area contributed by atoms with Gasteiger partial charge in [0.2, 0.25) is 0 Å². The number of carbonyl (C=O) groups is 1. The first-order valence-corrected chi connectivity index (χ1v) is 5.49. The molecule has 0 aliphatic carbocycles. The molecule has 0 saturated carbocycles. The molecule has 0 N–H and O–H groups in total. The molecule has 0 aliphatic rings. The highest BCUT2D eigenvalue weighted by Crippen LogP contribution is 2.28. The third-order valence-electron chi connectivity index (χ3n) is 1.79. The highest BCUT2D eigenvalue weighted by Gasteiger charge is 2.17. The van der Waals surface area contributed by atoms with Gasteiger partial charge >= 0.3 is 0 Å². The zero-order valence-electron chi connectivity index (χ0n) is 7.97. The van der Waals surface area contributed by atoms with Crippen LogP contribution in [0.4, 0.5) is 0 Å². The Balaban J connectivity index is 2.84. The van der Waals surface area contributed by atoms with E-state index in [0.29, 0.717) is 22.2 Å². The first-order valence-electron chi connectivity index (χ1n) is 4.35. The van der Waals surface area contributed by atoms with Crippen LogP contribution in [-0.2, 0) is 4.79 Å². The van der Waals surface area contributed by atoms with Gasteiger partial charge < -0.3 is 4.74 Å². The molecule has 0 unspecified atom stereocenters. The van der Waals surface area contributed by atoms with Crippen molar-refractivity contribution < 1.29 is 9.53 Å². The van der Waals surface area contributed by atoms with Gasteiger partial charge in [0.15, 0.2) is 6.10 Å². The monoisotopic (exact) mass is 266 g/mol. The fourth-order valence-electron chi connectivity index (χ4n) is 1.01.